The van der Waals surface area contributed by atoms with Crippen LogP contribution in [0.25, 0.3) is 28.1 Å². The lowest BCUT2D eigenvalue weighted by molar-refractivity contribution is -0.147. The molecule has 0 aliphatic heterocycles. The molecular weight excluding hydrogens is 512 g/mol. The van der Waals surface area contributed by atoms with Gasteiger partial charge in [-0.3, -0.25) is 9.55 Å². The molecule has 0 amide bonds. The van der Waals surface area contributed by atoms with Gasteiger partial charge in [-0.25, -0.2) is 13.4 Å². The number of rotatable bonds is 5. The Labute approximate surface area is 200 Å². The van der Waals surface area contributed by atoms with Crippen LogP contribution in [-0.4, -0.2) is 35.2 Å². The molecule has 0 radical (unpaired) electrons. The molecule has 0 aromatic carbocycles. The van der Waals surface area contributed by atoms with Crippen molar-refractivity contribution in [2.45, 2.75) is 37.1 Å². The highest BCUT2D eigenvalue weighted by atomic mass is 32.2. The fourth-order valence-corrected chi connectivity index (χ4v) is 4.99. The van der Waals surface area contributed by atoms with Gasteiger partial charge in [-0.05, 0) is 44.2 Å². The summed E-state index contributed by atoms with van der Waals surface area (Å²) in [7, 11) is -4.62. The van der Waals surface area contributed by atoms with Crippen LogP contribution in [0.5, 0.6) is 0 Å². The summed E-state index contributed by atoms with van der Waals surface area (Å²) in [5, 5.41) is 9.74. The van der Waals surface area contributed by atoms with Crippen molar-refractivity contribution < 1.29 is 34.8 Å². The van der Waals surface area contributed by atoms with Gasteiger partial charge in [-0.1, -0.05) is 6.08 Å². The van der Waals surface area contributed by atoms with E-state index in [1.54, 1.807) is 18.2 Å². The van der Waals surface area contributed by atoms with Crippen LogP contribution in [-0.2, 0) is 16.2 Å². The van der Waals surface area contributed by atoms with Crippen LogP contribution in [0.4, 0.5) is 26.3 Å². The minimum absolute atomic E-state index is 0.0135. The van der Waals surface area contributed by atoms with Crippen LogP contribution in [0.1, 0.15) is 23.7 Å². The molecule has 0 saturated heterocycles. The van der Waals surface area contributed by atoms with Crippen molar-refractivity contribution in [2.24, 2.45) is 0 Å². The van der Waals surface area contributed by atoms with Crippen molar-refractivity contribution in [1.29, 1.82) is 5.26 Å². The SMILES string of the molecule is Cc1nc(-c2c(C#N)c3cc(C(F)(F)F)cnc3n2C2=CC=C2)ccc1S(=O)(=O)NC(C)C(F)(F)F. The topological polar surface area (TPSA) is 101 Å². The number of pyridine rings is 2. The maximum atomic E-state index is 13.3. The highest BCUT2D eigenvalue weighted by Gasteiger charge is 2.39. The number of nitriles is 1. The Morgan fingerprint density at radius 1 is 1.17 bits per heavy atom. The number of aromatic nitrogens is 3. The van der Waals surface area contributed by atoms with E-state index in [-0.39, 0.29) is 33.7 Å². The predicted molar refractivity (Wildman–Crippen MR) is 117 cm³/mol. The maximum absolute atomic E-state index is 13.3. The van der Waals surface area contributed by atoms with Crippen LogP contribution in [0.3, 0.4) is 0 Å². The molecule has 1 atom stereocenters. The van der Waals surface area contributed by atoms with Gasteiger partial charge in [0, 0.05) is 17.3 Å². The summed E-state index contributed by atoms with van der Waals surface area (Å²) in [5.41, 5.74) is -0.835. The molecule has 1 unspecified atom stereocenters. The third-order valence-corrected chi connectivity index (χ3v) is 7.11. The Hall–Kier alpha value is -3.70. The van der Waals surface area contributed by atoms with Crippen molar-refractivity contribution in [3.05, 3.63) is 59.4 Å². The van der Waals surface area contributed by atoms with Crippen LogP contribution in [0.15, 0.2) is 47.5 Å². The number of hydrogen-bond donors (Lipinski definition) is 1. The van der Waals surface area contributed by atoms with E-state index in [0.29, 0.717) is 18.8 Å². The van der Waals surface area contributed by atoms with Crippen molar-refractivity contribution in [3.8, 4) is 17.5 Å². The second-order valence-electron chi connectivity index (χ2n) is 7.88. The molecule has 14 heteroatoms. The molecule has 1 aliphatic carbocycles. The molecule has 3 aromatic heterocycles. The fraction of sp³-hybridized carbons (Fsp3) is 0.227. The number of halogens is 6. The number of nitrogens with zero attached hydrogens (tertiary/aromatic N) is 4. The Balaban J connectivity index is 1.90. The second-order valence-corrected chi connectivity index (χ2v) is 9.56. The van der Waals surface area contributed by atoms with E-state index in [1.807, 2.05) is 6.07 Å². The number of fused-ring (bicyclic) bond motifs is 1. The van der Waals surface area contributed by atoms with Gasteiger partial charge in [0.1, 0.15) is 22.7 Å². The van der Waals surface area contributed by atoms with Gasteiger partial charge < -0.3 is 0 Å². The number of allylic oxidation sites excluding steroid dienone is 4. The molecule has 0 spiro atoms. The lowest BCUT2D eigenvalue weighted by Gasteiger charge is -2.18. The van der Waals surface area contributed by atoms with Gasteiger partial charge in [0.25, 0.3) is 0 Å². The van der Waals surface area contributed by atoms with E-state index in [1.165, 1.54) is 22.3 Å². The molecule has 0 saturated carbocycles. The lowest BCUT2D eigenvalue weighted by atomic mass is 10.1. The molecule has 36 heavy (non-hydrogen) atoms. The molecule has 1 aliphatic rings. The monoisotopic (exact) mass is 527 g/mol. The Bertz CT molecular complexity index is 1590. The number of hydrogen-bond acceptors (Lipinski definition) is 5. The minimum atomic E-state index is -4.82. The first-order valence-corrected chi connectivity index (χ1v) is 11.6. The summed E-state index contributed by atoms with van der Waals surface area (Å²) in [4.78, 5) is 7.57. The maximum Gasteiger partial charge on any atom is 0.417 e. The van der Waals surface area contributed by atoms with Crippen molar-refractivity contribution in [3.63, 3.8) is 0 Å². The van der Waals surface area contributed by atoms with Crippen molar-refractivity contribution in [2.75, 3.05) is 0 Å². The number of nitrogens with one attached hydrogen (secondary N) is 1. The highest BCUT2D eigenvalue weighted by molar-refractivity contribution is 7.89. The Morgan fingerprint density at radius 3 is 2.33 bits per heavy atom. The molecule has 0 bridgehead atoms. The van der Waals surface area contributed by atoms with Gasteiger partial charge in [0.05, 0.1) is 28.2 Å². The van der Waals surface area contributed by atoms with Gasteiger partial charge in [-0.2, -0.15) is 36.3 Å². The second kappa shape index (κ2) is 8.45. The van der Waals surface area contributed by atoms with Crippen LogP contribution >= 0.6 is 0 Å². The van der Waals surface area contributed by atoms with Crippen molar-refractivity contribution >= 4 is 26.8 Å². The summed E-state index contributed by atoms with van der Waals surface area (Å²) in [5.74, 6) is 0. The molecule has 0 fully saturated rings. The molecule has 4 rings (SSSR count). The van der Waals surface area contributed by atoms with Gasteiger partial charge in [0.15, 0.2) is 0 Å². The Kier molecular flexibility index (Phi) is 5.96. The van der Waals surface area contributed by atoms with E-state index >= 15 is 0 Å². The molecule has 188 valence electrons. The summed E-state index contributed by atoms with van der Waals surface area (Å²) < 4.78 is 107. The fourth-order valence-electron chi connectivity index (χ4n) is 3.59. The summed E-state index contributed by atoms with van der Waals surface area (Å²) in [6.45, 7) is 1.90. The smallest absolute Gasteiger partial charge is 0.291 e. The van der Waals surface area contributed by atoms with Gasteiger partial charge in [0.2, 0.25) is 10.0 Å². The average Bonchev–Trinajstić information content (AvgIpc) is 3.04. The van der Waals surface area contributed by atoms with Crippen molar-refractivity contribution in [1.82, 2.24) is 19.3 Å². The minimum Gasteiger partial charge on any atom is -0.291 e. The van der Waals surface area contributed by atoms with E-state index in [9.17, 15) is 40.0 Å². The van der Waals surface area contributed by atoms with Crippen LogP contribution < -0.4 is 4.72 Å². The zero-order chi connectivity index (χ0) is 26.6. The normalized spacial score (nSPS) is 14.9. The van der Waals surface area contributed by atoms with E-state index < -0.39 is 38.9 Å². The summed E-state index contributed by atoms with van der Waals surface area (Å²) in [6.07, 6.45) is -3.99. The largest absolute Gasteiger partial charge is 0.417 e. The first-order valence-electron chi connectivity index (χ1n) is 10.1. The van der Waals surface area contributed by atoms with E-state index in [4.69, 9.17) is 0 Å². The highest BCUT2D eigenvalue weighted by Crippen LogP contribution is 2.39. The first-order chi connectivity index (χ1) is 16.6. The number of sulfonamides is 1. The predicted octanol–water partition coefficient (Wildman–Crippen LogP) is 4.94. The molecule has 3 heterocycles. The summed E-state index contributed by atoms with van der Waals surface area (Å²) >= 11 is 0. The third kappa shape index (κ3) is 4.35. The first kappa shape index (κ1) is 25.4. The van der Waals surface area contributed by atoms with Gasteiger partial charge in [-0.15, -0.1) is 0 Å². The Morgan fingerprint density at radius 2 is 1.83 bits per heavy atom. The number of aryl methyl sites for hydroxylation is 1. The quantitative estimate of drug-likeness (QED) is 0.474. The van der Waals surface area contributed by atoms with E-state index in [2.05, 4.69) is 9.97 Å². The zero-order valence-corrected chi connectivity index (χ0v) is 19.2. The zero-order valence-electron chi connectivity index (χ0n) is 18.4. The molecule has 1 N–H and O–H groups in total. The standard InChI is InChI=1S/C22H15F6N5O2S/c1-11-18(36(34,35)32-12(2)21(23,24)25)7-6-17(31-11)19-16(9-29)15-8-13(22(26,27)28)10-30-20(15)33(19)14-4-3-5-14/h3-8,10,12,32H,1-2H3. The van der Waals surface area contributed by atoms with Crippen LogP contribution in [0.2, 0.25) is 0 Å². The van der Waals surface area contributed by atoms with Crippen LogP contribution in [0, 0.1) is 18.3 Å². The average molecular weight is 527 g/mol. The number of alkyl halides is 6. The van der Waals surface area contributed by atoms with Gasteiger partial charge >= 0.3 is 12.4 Å². The lowest BCUT2D eigenvalue weighted by Crippen LogP contribution is -2.43. The summed E-state index contributed by atoms with van der Waals surface area (Å²) in [6, 6.07) is 2.49. The molecular formula is C22H15F6N5O2S. The molecule has 3 aromatic rings. The third-order valence-electron chi connectivity index (χ3n) is 5.43. The molecule has 7 nitrogen and oxygen atoms in total. The van der Waals surface area contributed by atoms with E-state index in [0.717, 1.165) is 12.1 Å².